The summed E-state index contributed by atoms with van der Waals surface area (Å²) in [6.45, 7) is 3.07. The zero-order chi connectivity index (χ0) is 30.4. The lowest BCUT2D eigenvalue weighted by Crippen LogP contribution is -2.33. The minimum atomic E-state index is -0.885. The number of nitrogens with one attached hydrogen (secondary N) is 2. The summed E-state index contributed by atoms with van der Waals surface area (Å²) in [5, 5.41) is 6.67. The number of rotatable bonds is 12. The second-order valence-electron chi connectivity index (χ2n) is 10.4. The van der Waals surface area contributed by atoms with Gasteiger partial charge in [-0.15, -0.1) is 0 Å². The zero-order valence-electron chi connectivity index (χ0n) is 24.5. The Morgan fingerprint density at radius 1 is 1.09 bits per heavy atom. The van der Waals surface area contributed by atoms with Gasteiger partial charge in [0.15, 0.2) is 5.69 Å². The van der Waals surface area contributed by atoms with E-state index in [2.05, 4.69) is 15.6 Å². The van der Waals surface area contributed by atoms with Crippen molar-refractivity contribution >= 4 is 34.2 Å². The molecule has 5 rings (SSSR count). The van der Waals surface area contributed by atoms with Crippen LogP contribution < -0.4 is 20.1 Å². The van der Waals surface area contributed by atoms with E-state index in [1.807, 2.05) is 43.3 Å². The number of ether oxygens (including phenoxy) is 4. The third-order valence-corrected chi connectivity index (χ3v) is 8.61. The van der Waals surface area contributed by atoms with E-state index in [0.29, 0.717) is 53.9 Å². The molecular weight excluding hydrogens is 572 g/mol. The molecule has 0 radical (unpaired) electrons. The van der Waals surface area contributed by atoms with Crippen LogP contribution in [0.3, 0.4) is 0 Å². The summed E-state index contributed by atoms with van der Waals surface area (Å²) in [6.07, 6.45) is 2.20. The predicted octanol–water partition coefficient (Wildman–Crippen LogP) is 5.07. The van der Waals surface area contributed by atoms with Gasteiger partial charge in [0.2, 0.25) is 0 Å². The monoisotopic (exact) mass is 608 g/mol. The number of aromatic nitrogens is 1. The number of carbonyl (C=O) groups is 3. The molecule has 11 nitrogen and oxygen atoms in total. The summed E-state index contributed by atoms with van der Waals surface area (Å²) in [5.41, 5.74) is 0.831. The van der Waals surface area contributed by atoms with Crippen LogP contribution in [0.2, 0.25) is 0 Å². The highest BCUT2D eigenvalue weighted by molar-refractivity contribution is 7.16. The zero-order valence-corrected chi connectivity index (χ0v) is 25.3. The molecule has 0 unspecified atom stereocenters. The van der Waals surface area contributed by atoms with Crippen molar-refractivity contribution in [2.45, 2.75) is 57.4 Å². The van der Waals surface area contributed by atoms with E-state index in [4.69, 9.17) is 18.9 Å². The average Bonchev–Trinajstić information content (AvgIpc) is 3.45. The Morgan fingerprint density at radius 3 is 2.58 bits per heavy atom. The van der Waals surface area contributed by atoms with E-state index in [1.165, 1.54) is 11.3 Å². The second-order valence-corrected chi connectivity index (χ2v) is 11.4. The molecule has 1 saturated heterocycles. The van der Waals surface area contributed by atoms with Gasteiger partial charge in [0, 0.05) is 31.3 Å². The molecule has 43 heavy (non-hydrogen) atoms. The Kier molecular flexibility index (Phi) is 9.46. The molecule has 2 N–H and O–H groups in total. The van der Waals surface area contributed by atoms with Gasteiger partial charge in [-0.25, -0.2) is 9.78 Å². The van der Waals surface area contributed by atoms with Gasteiger partial charge in [-0.05, 0) is 50.3 Å². The number of likely N-dealkylation sites (tertiary alicyclic amines) is 1. The van der Waals surface area contributed by atoms with Gasteiger partial charge in [-0.1, -0.05) is 41.7 Å². The van der Waals surface area contributed by atoms with Gasteiger partial charge in [0.25, 0.3) is 11.8 Å². The highest BCUT2D eigenvalue weighted by Crippen LogP contribution is 2.43. The number of methoxy groups -OCH3 is 2. The van der Waals surface area contributed by atoms with E-state index >= 15 is 0 Å². The largest absolute Gasteiger partial charge is 0.497 e. The molecule has 0 bridgehead atoms. The number of carbonyl (C=O) groups excluding carboxylic acids is 3. The van der Waals surface area contributed by atoms with Crippen LogP contribution in [0.5, 0.6) is 11.5 Å². The van der Waals surface area contributed by atoms with E-state index in [1.54, 1.807) is 31.3 Å². The first kappa shape index (κ1) is 30.3. The van der Waals surface area contributed by atoms with Gasteiger partial charge < -0.3 is 29.6 Å². The smallest absolute Gasteiger partial charge is 0.410 e. The van der Waals surface area contributed by atoms with Crippen LogP contribution in [0, 0.1) is 0 Å². The van der Waals surface area contributed by atoms with Crippen LogP contribution in [0.4, 0.5) is 9.80 Å². The lowest BCUT2D eigenvalue weighted by molar-refractivity contribution is -0.129. The minimum Gasteiger partial charge on any atom is -0.497 e. The number of thiazole rings is 1. The summed E-state index contributed by atoms with van der Waals surface area (Å²) < 4.78 is 22.0. The molecule has 12 heteroatoms. The molecule has 1 aliphatic heterocycles. The van der Waals surface area contributed by atoms with Crippen molar-refractivity contribution < 1.29 is 33.3 Å². The van der Waals surface area contributed by atoms with E-state index in [0.717, 1.165) is 17.5 Å². The molecule has 2 aromatic carbocycles. The maximum Gasteiger partial charge on any atom is 0.410 e. The molecule has 2 heterocycles. The summed E-state index contributed by atoms with van der Waals surface area (Å²) in [4.78, 5) is 46.1. The molecule has 2 aliphatic rings. The molecule has 228 valence electrons. The van der Waals surface area contributed by atoms with Crippen molar-refractivity contribution in [3.8, 4) is 11.5 Å². The first-order chi connectivity index (χ1) is 20.9. The Bertz CT molecular complexity index is 1460. The van der Waals surface area contributed by atoms with Crippen molar-refractivity contribution in [3.63, 3.8) is 0 Å². The van der Waals surface area contributed by atoms with Crippen molar-refractivity contribution in [1.82, 2.24) is 15.2 Å². The van der Waals surface area contributed by atoms with Crippen molar-refractivity contribution in [2.75, 3.05) is 32.7 Å². The second kappa shape index (κ2) is 13.4. The molecule has 2 fully saturated rings. The highest BCUT2D eigenvalue weighted by Gasteiger charge is 2.51. The van der Waals surface area contributed by atoms with Crippen molar-refractivity contribution in [1.29, 1.82) is 0 Å². The van der Waals surface area contributed by atoms with Crippen molar-refractivity contribution in [2.24, 2.45) is 0 Å². The van der Waals surface area contributed by atoms with Crippen LogP contribution in [0.1, 0.15) is 65.3 Å². The number of anilines is 1. The normalized spacial score (nSPS) is 16.8. The summed E-state index contributed by atoms with van der Waals surface area (Å²) in [6, 6.07) is 14.4. The molecule has 3 aromatic rings. The van der Waals surface area contributed by atoms with Crippen LogP contribution in [0.25, 0.3) is 0 Å². The van der Waals surface area contributed by atoms with E-state index in [-0.39, 0.29) is 30.8 Å². The van der Waals surface area contributed by atoms with Gasteiger partial charge in [0.1, 0.15) is 33.7 Å². The van der Waals surface area contributed by atoms with Crippen LogP contribution in [0.15, 0.2) is 48.5 Å². The Hall–Kier alpha value is -4.16. The van der Waals surface area contributed by atoms with Gasteiger partial charge in [-0.2, -0.15) is 0 Å². The minimum absolute atomic E-state index is 0.0811. The summed E-state index contributed by atoms with van der Waals surface area (Å²) in [5.74, 6) is 0.428. The first-order valence-electron chi connectivity index (χ1n) is 14.3. The SMILES string of the molecule is CCOC1(C(=O)Nc2sc([C@H]3CCCN3C(=O)OCc3ccccc3)nc2C(=O)NCc2ccc(OC)cc2OC)CC1. The molecular formula is C31H36N4O7S. The van der Waals surface area contributed by atoms with Gasteiger partial charge >= 0.3 is 6.09 Å². The van der Waals surface area contributed by atoms with E-state index < -0.39 is 17.6 Å². The number of hydrogen-bond donors (Lipinski definition) is 2. The van der Waals surface area contributed by atoms with Gasteiger partial charge in [0.05, 0.1) is 20.3 Å². The highest BCUT2D eigenvalue weighted by atomic mass is 32.1. The number of benzene rings is 2. The van der Waals surface area contributed by atoms with Crippen molar-refractivity contribution in [3.05, 3.63) is 70.4 Å². The standard InChI is InChI=1S/C31H36N4O7S/c1-4-42-31(14-15-31)29(37)34-28-25(26(36)32-18-21-12-13-22(39-2)17-24(21)40-3)33-27(43-28)23-11-8-16-35(23)30(38)41-19-20-9-6-5-7-10-20/h5-7,9-10,12-13,17,23H,4,8,11,14-16,18-19H2,1-3H3,(H,32,36)(H,34,37)/t23-/m1/s1. The molecule has 1 aromatic heterocycles. The molecule has 0 spiro atoms. The Morgan fingerprint density at radius 2 is 1.88 bits per heavy atom. The first-order valence-corrected chi connectivity index (χ1v) is 15.1. The van der Waals surface area contributed by atoms with Gasteiger partial charge in [-0.3, -0.25) is 14.5 Å². The lowest BCUT2D eigenvalue weighted by Gasteiger charge is -2.22. The van der Waals surface area contributed by atoms with Crippen LogP contribution in [-0.4, -0.2) is 60.8 Å². The average molecular weight is 609 g/mol. The van der Waals surface area contributed by atoms with E-state index in [9.17, 15) is 14.4 Å². The molecule has 1 saturated carbocycles. The maximum atomic E-state index is 13.5. The summed E-state index contributed by atoms with van der Waals surface area (Å²) >= 11 is 1.20. The van der Waals surface area contributed by atoms with Crippen LogP contribution >= 0.6 is 11.3 Å². The number of nitrogens with zero attached hydrogens (tertiary/aromatic N) is 2. The lowest BCUT2D eigenvalue weighted by atomic mass is 10.2. The fraction of sp³-hybridized carbons (Fsp3) is 0.419. The quantitative estimate of drug-likeness (QED) is 0.292. The Labute approximate surface area is 254 Å². The van der Waals surface area contributed by atoms with Crippen LogP contribution in [-0.2, 0) is 27.4 Å². The third-order valence-electron chi connectivity index (χ3n) is 7.54. The number of hydrogen-bond acceptors (Lipinski definition) is 9. The third kappa shape index (κ3) is 6.91. The molecule has 3 amide bonds. The summed E-state index contributed by atoms with van der Waals surface area (Å²) in [7, 11) is 3.11. The fourth-order valence-corrected chi connectivity index (χ4v) is 6.17. The molecule has 1 atom stereocenters. The topological polar surface area (TPSA) is 128 Å². The molecule has 1 aliphatic carbocycles. The number of amides is 3. The fourth-order valence-electron chi connectivity index (χ4n) is 5.06. The predicted molar refractivity (Wildman–Crippen MR) is 160 cm³/mol. The maximum absolute atomic E-state index is 13.5. The Balaban J connectivity index is 1.35.